The summed E-state index contributed by atoms with van der Waals surface area (Å²) >= 11 is 0. The minimum atomic E-state index is -1.60. The van der Waals surface area contributed by atoms with Crippen LogP contribution in [0.4, 0.5) is 0 Å². The number of hydrogen-bond donors (Lipinski definition) is 0. The lowest BCUT2D eigenvalue weighted by atomic mass is 9.80. The van der Waals surface area contributed by atoms with Gasteiger partial charge >= 0.3 is 17.9 Å². The number of rotatable bonds is 7. The van der Waals surface area contributed by atoms with E-state index in [9.17, 15) is 30.0 Å². The topological polar surface area (TPSA) is 148 Å². The van der Waals surface area contributed by atoms with E-state index in [-0.39, 0.29) is 25.7 Å². The highest BCUT2D eigenvalue weighted by atomic mass is 16.6. The third-order valence-electron chi connectivity index (χ3n) is 9.47. The minimum absolute atomic E-state index is 0.250. The fraction of sp³-hybridized carbons (Fsp3) is 0.906. The zero-order valence-corrected chi connectivity index (χ0v) is 28.8. The molecule has 0 spiro atoms. The lowest BCUT2D eigenvalue weighted by molar-refractivity contribution is -0.300. The van der Waals surface area contributed by atoms with Gasteiger partial charge in [0.2, 0.25) is 0 Å². The van der Waals surface area contributed by atoms with Gasteiger partial charge in [0.15, 0.2) is 5.92 Å². The Bertz CT molecular complexity index is 991. The summed E-state index contributed by atoms with van der Waals surface area (Å²) in [6.07, 6.45) is -0.919. The second-order valence-corrected chi connectivity index (χ2v) is 17.0. The van der Waals surface area contributed by atoms with E-state index in [1.54, 1.807) is 83.1 Å². The highest BCUT2D eigenvalue weighted by molar-refractivity contribution is 5.98. The van der Waals surface area contributed by atoms with E-state index in [1.165, 1.54) is 0 Å². The molecule has 12 nitrogen and oxygen atoms in total. The number of hydroxylamine groups is 6. The molecule has 3 heterocycles. The van der Waals surface area contributed by atoms with Crippen molar-refractivity contribution in [3.63, 3.8) is 0 Å². The van der Waals surface area contributed by atoms with Crippen molar-refractivity contribution in [1.29, 1.82) is 0 Å². The first-order valence-electron chi connectivity index (χ1n) is 15.7. The minimum Gasteiger partial charge on any atom is -0.462 e. The molecule has 3 rings (SSSR count). The summed E-state index contributed by atoms with van der Waals surface area (Å²) in [5.74, 6) is -4.21. The van der Waals surface area contributed by atoms with Crippen molar-refractivity contribution in [2.75, 3.05) is 0 Å². The van der Waals surface area contributed by atoms with Gasteiger partial charge in [0.05, 0.1) is 6.42 Å². The van der Waals surface area contributed by atoms with Gasteiger partial charge in [-0.1, -0.05) is 0 Å². The second kappa shape index (κ2) is 12.1. The lowest BCUT2D eigenvalue weighted by Gasteiger charge is -2.49. The molecule has 0 aromatic carbocycles. The molecule has 0 aliphatic carbocycles. The molecule has 0 amide bonds. The summed E-state index contributed by atoms with van der Waals surface area (Å²) in [6.45, 7) is 21.3. The van der Waals surface area contributed by atoms with Crippen molar-refractivity contribution < 1.29 is 44.2 Å². The molecule has 0 N–H and O–H groups in total. The van der Waals surface area contributed by atoms with Crippen molar-refractivity contribution in [2.24, 2.45) is 5.92 Å². The quantitative estimate of drug-likeness (QED) is 0.223. The number of carbonyl (C=O) groups excluding carboxylic acids is 3. The molecule has 3 aliphatic rings. The number of ether oxygens (including phenoxy) is 3. The van der Waals surface area contributed by atoms with Crippen molar-refractivity contribution >= 4 is 17.9 Å². The Hall–Kier alpha value is -1.83. The van der Waals surface area contributed by atoms with Gasteiger partial charge < -0.3 is 14.2 Å². The Morgan fingerprint density at radius 3 is 0.977 bits per heavy atom. The molecule has 3 radical (unpaired) electrons. The average Bonchev–Trinajstić information content (AvgIpc) is 2.81. The Kier molecular flexibility index (Phi) is 10.1. The molecule has 0 unspecified atom stereocenters. The third-order valence-corrected chi connectivity index (χ3v) is 9.47. The number of carbonyl (C=O) groups is 3. The first kappa shape index (κ1) is 36.6. The maximum Gasteiger partial charge on any atom is 0.321 e. The highest BCUT2D eigenvalue weighted by Gasteiger charge is 2.51. The van der Waals surface area contributed by atoms with Crippen LogP contribution >= 0.6 is 0 Å². The highest BCUT2D eigenvalue weighted by Crippen LogP contribution is 2.41. The first-order chi connectivity index (χ1) is 19.7. The van der Waals surface area contributed by atoms with E-state index >= 15 is 0 Å². The molecule has 0 saturated carbocycles. The zero-order chi connectivity index (χ0) is 33.8. The molecular formula is C32H54N3O9. The largest absolute Gasteiger partial charge is 0.462 e. The SMILES string of the molecule is CC1(C)CC(OC(=O)CC(C(=O)OC2CC(C)(C)N([O])C(C)(C)C2)C(=O)OC2CC(C)(C)N([O])C(C)(C)C2)CC(C)(C)N1[O]. The molecule has 3 fully saturated rings. The van der Waals surface area contributed by atoms with Gasteiger partial charge in [-0.05, 0) is 83.1 Å². The fourth-order valence-corrected chi connectivity index (χ4v) is 7.92. The molecule has 3 saturated heterocycles. The number of hydrogen-bond acceptors (Lipinski definition) is 9. The average molecular weight is 625 g/mol. The standard InChI is InChI=1S/C32H54N3O9/c1-27(2)14-20(15-28(3,4)33(27)39)42-24(36)13-23(25(37)43-21-16-29(5,6)34(40)30(7,8)17-21)26(38)44-22-18-31(9,10)35(41)32(11,12)19-22/h20-23H,13-19H2,1-12H3. The molecule has 12 heteroatoms. The van der Waals surface area contributed by atoms with Crippen LogP contribution in [0.25, 0.3) is 0 Å². The normalized spacial score (nSPS) is 27.5. The lowest BCUT2D eigenvalue weighted by Crippen LogP contribution is -2.60. The molecule has 251 valence electrons. The summed E-state index contributed by atoms with van der Waals surface area (Å²) in [6, 6.07) is 0. The summed E-state index contributed by atoms with van der Waals surface area (Å²) in [5, 5.41) is 41.5. The van der Waals surface area contributed by atoms with E-state index in [0.29, 0.717) is 12.8 Å². The Labute approximate surface area is 262 Å². The first-order valence-corrected chi connectivity index (χ1v) is 15.7. The summed E-state index contributed by atoms with van der Waals surface area (Å²) in [5.41, 5.74) is -4.84. The molecule has 0 atom stereocenters. The molecule has 0 aromatic rings. The van der Waals surface area contributed by atoms with Crippen LogP contribution in [0.5, 0.6) is 0 Å². The van der Waals surface area contributed by atoms with Crippen LogP contribution in [-0.2, 0) is 44.2 Å². The van der Waals surface area contributed by atoms with Crippen molar-refractivity contribution in [1.82, 2.24) is 15.2 Å². The van der Waals surface area contributed by atoms with Crippen molar-refractivity contribution in [3.05, 3.63) is 0 Å². The molecule has 44 heavy (non-hydrogen) atoms. The van der Waals surface area contributed by atoms with Crippen molar-refractivity contribution in [3.8, 4) is 0 Å². The van der Waals surface area contributed by atoms with E-state index < -0.39 is 81.8 Å². The van der Waals surface area contributed by atoms with Crippen LogP contribution in [0.15, 0.2) is 0 Å². The van der Waals surface area contributed by atoms with Crippen LogP contribution in [-0.4, -0.2) is 84.6 Å². The fourth-order valence-electron chi connectivity index (χ4n) is 7.92. The number of piperidine rings is 3. The maximum absolute atomic E-state index is 13.7. The van der Waals surface area contributed by atoms with Gasteiger partial charge in [-0.2, -0.15) is 0 Å². The van der Waals surface area contributed by atoms with Gasteiger partial charge in [-0.3, -0.25) is 14.4 Å². The summed E-state index contributed by atoms with van der Waals surface area (Å²) in [7, 11) is 0. The summed E-state index contributed by atoms with van der Waals surface area (Å²) in [4.78, 5) is 40.6. The zero-order valence-electron chi connectivity index (χ0n) is 28.8. The predicted molar refractivity (Wildman–Crippen MR) is 157 cm³/mol. The Morgan fingerprint density at radius 1 is 0.500 bits per heavy atom. The van der Waals surface area contributed by atoms with Gasteiger partial charge in [-0.15, -0.1) is 30.8 Å². The van der Waals surface area contributed by atoms with Crippen LogP contribution in [0.2, 0.25) is 0 Å². The van der Waals surface area contributed by atoms with Gasteiger partial charge in [0.25, 0.3) is 0 Å². The molecule has 0 aromatic heterocycles. The van der Waals surface area contributed by atoms with E-state index in [0.717, 1.165) is 15.2 Å². The number of esters is 3. The van der Waals surface area contributed by atoms with Crippen LogP contribution < -0.4 is 0 Å². The Morgan fingerprint density at radius 2 is 0.727 bits per heavy atom. The number of nitrogens with zero attached hydrogens (tertiary/aromatic N) is 3. The van der Waals surface area contributed by atoms with Gasteiger partial charge in [0, 0.05) is 71.8 Å². The maximum atomic E-state index is 13.7. The molecule has 3 aliphatic heterocycles. The third kappa shape index (κ3) is 7.93. The van der Waals surface area contributed by atoms with Crippen LogP contribution in [0.1, 0.15) is 128 Å². The molecular weight excluding hydrogens is 570 g/mol. The van der Waals surface area contributed by atoms with E-state index in [4.69, 9.17) is 14.2 Å². The van der Waals surface area contributed by atoms with E-state index in [2.05, 4.69) is 0 Å². The Balaban J connectivity index is 1.81. The molecule has 0 bridgehead atoms. The van der Waals surface area contributed by atoms with Crippen LogP contribution in [0.3, 0.4) is 0 Å². The summed E-state index contributed by atoms with van der Waals surface area (Å²) < 4.78 is 17.4. The van der Waals surface area contributed by atoms with Crippen molar-refractivity contribution in [2.45, 2.75) is 180 Å². The monoisotopic (exact) mass is 624 g/mol. The predicted octanol–water partition coefficient (Wildman–Crippen LogP) is 4.72. The smallest absolute Gasteiger partial charge is 0.321 e. The second-order valence-electron chi connectivity index (χ2n) is 17.0. The van der Waals surface area contributed by atoms with Gasteiger partial charge in [-0.25, -0.2) is 0 Å². The van der Waals surface area contributed by atoms with E-state index in [1.807, 2.05) is 0 Å². The van der Waals surface area contributed by atoms with Crippen LogP contribution in [0, 0.1) is 5.92 Å². The van der Waals surface area contributed by atoms with Gasteiger partial charge in [0.1, 0.15) is 18.3 Å².